The summed E-state index contributed by atoms with van der Waals surface area (Å²) >= 11 is 2.83. The van der Waals surface area contributed by atoms with Gasteiger partial charge in [0.1, 0.15) is 0 Å². The van der Waals surface area contributed by atoms with Crippen LogP contribution in [0, 0.1) is 0 Å². The smallest absolute Gasteiger partial charge is 0.197 e. The summed E-state index contributed by atoms with van der Waals surface area (Å²) < 4.78 is 7.83. The monoisotopic (exact) mass is 244 g/mol. The summed E-state index contributed by atoms with van der Waals surface area (Å²) in [7, 11) is 0. The van der Waals surface area contributed by atoms with Crippen LogP contribution in [0.4, 0.5) is 0 Å². The van der Waals surface area contributed by atoms with Crippen molar-refractivity contribution in [3.05, 3.63) is 0 Å². The van der Waals surface area contributed by atoms with Crippen LogP contribution in [-0.4, -0.2) is 4.21 Å². The van der Waals surface area contributed by atoms with Gasteiger partial charge in [-0.2, -0.15) is 4.21 Å². The van der Waals surface area contributed by atoms with E-state index in [1.807, 2.05) is 0 Å². The molecule has 0 radical (unpaired) electrons. The maximum atomic E-state index is 7.83. The molecule has 0 aliphatic heterocycles. The van der Waals surface area contributed by atoms with Crippen LogP contribution < -0.4 is 0 Å². The van der Waals surface area contributed by atoms with Gasteiger partial charge in [0.2, 0.25) is 0 Å². The van der Waals surface area contributed by atoms with Gasteiger partial charge in [-0.05, 0) is 0 Å². The zero-order valence-corrected chi connectivity index (χ0v) is 6.46. The van der Waals surface area contributed by atoms with Crippen LogP contribution >= 0.6 is 0 Å². The van der Waals surface area contributed by atoms with Crippen molar-refractivity contribution >= 4 is 12.5 Å². The van der Waals surface area contributed by atoms with Crippen LogP contribution in [0.2, 0.25) is 0 Å². The molecule has 0 atom stereocenters. The Kier molecular flexibility index (Phi) is 118. The third kappa shape index (κ3) is 10.0. The first-order chi connectivity index (χ1) is 1.00. The molecule has 0 saturated heterocycles. The summed E-state index contributed by atoms with van der Waals surface area (Å²) in [5.41, 5.74) is 0. The van der Waals surface area contributed by atoms with Crippen LogP contribution in [0.25, 0.3) is 0 Å². The SMILES string of the molecule is O=S.[Mo].[Mo]. The Hall–Kier alpha value is 1.40. The predicted molar refractivity (Wildman–Crippen MR) is 8.14 cm³/mol. The zero-order valence-electron chi connectivity index (χ0n) is 1.63. The van der Waals surface area contributed by atoms with E-state index in [9.17, 15) is 0 Å². The average molecular weight is 240 g/mol. The molecular weight excluding hydrogens is 240 g/mol. The fourth-order valence-electron chi connectivity index (χ4n) is 0. The van der Waals surface area contributed by atoms with Crippen LogP contribution in [0.5, 0.6) is 0 Å². The molecule has 0 bridgehead atoms. The second-order valence-electron chi connectivity index (χ2n) is 0. The van der Waals surface area contributed by atoms with E-state index in [1.54, 1.807) is 0 Å². The van der Waals surface area contributed by atoms with E-state index < -0.39 is 0 Å². The summed E-state index contributed by atoms with van der Waals surface area (Å²) in [6.45, 7) is 0. The van der Waals surface area contributed by atoms with Gasteiger partial charge in [-0.1, -0.05) is 0 Å². The molecule has 0 aromatic heterocycles. The van der Waals surface area contributed by atoms with E-state index >= 15 is 0 Å². The third-order valence-corrected chi connectivity index (χ3v) is 0. The summed E-state index contributed by atoms with van der Waals surface area (Å²) in [5, 5.41) is 0. The second-order valence-corrected chi connectivity index (χ2v) is 0. The Morgan fingerprint density at radius 1 is 1.00 bits per heavy atom. The van der Waals surface area contributed by atoms with E-state index in [2.05, 4.69) is 12.5 Å². The van der Waals surface area contributed by atoms with E-state index in [0.717, 1.165) is 0 Å². The largest absolute Gasteiger partial charge is 0.197 e. The van der Waals surface area contributed by atoms with Crippen molar-refractivity contribution < 1.29 is 46.3 Å². The summed E-state index contributed by atoms with van der Waals surface area (Å²) in [5.74, 6) is 0. The number of hydrogen-bond donors (Lipinski definition) is 0. The van der Waals surface area contributed by atoms with Gasteiger partial charge in [0.05, 0.1) is 0 Å². The maximum Gasteiger partial charge on any atom is 0.197 e. The molecule has 0 unspecified atom stereocenters. The fourth-order valence-corrected chi connectivity index (χ4v) is 0. The molecular formula is Mo2OS. The Labute approximate surface area is 58.6 Å². The van der Waals surface area contributed by atoms with E-state index in [0.29, 0.717) is 0 Å². The summed E-state index contributed by atoms with van der Waals surface area (Å²) in [4.78, 5) is 0. The Bertz CT molecular complexity index is 6.00. The summed E-state index contributed by atoms with van der Waals surface area (Å²) in [6, 6.07) is 0. The Morgan fingerprint density at radius 3 is 1.00 bits per heavy atom. The van der Waals surface area contributed by atoms with Gasteiger partial charge in [-0.15, -0.1) is 0 Å². The zero-order chi connectivity index (χ0) is 2.00. The van der Waals surface area contributed by atoms with Crippen molar-refractivity contribution in [3.8, 4) is 0 Å². The number of hydrogen-bond acceptors (Lipinski definition) is 2. The number of rotatable bonds is 0. The molecule has 0 fully saturated rings. The Morgan fingerprint density at radius 2 is 1.00 bits per heavy atom. The molecule has 0 rings (SSSR count). The summed E-state index contributed by atoms with van der Waals surface area (Å²) in [6.07, 6.45) is 0. The van der Waals surface area contributed by atoms with E-state index in [4.69, 9.17) is 4.21 Å². The molecule has 0 saturated carbocycles. The first-order valence-electron chi connectivity index (χ1n) is 0.167. The van der Waals surface area contributed by atoms with E-state index in [1.165, 1.54) is 0 Å². The third-order valence-electron chi connectivity index (χ3n) is 0. The van der Waals surface area contributed by atoms with Gasteiger partial charge < -0.3 is 0 Å². The van der Waals surface area contributed by atoms with Gasteiger partial charge >= 0.3 is 0 Å². The predicted octanol–water partition coefficient (Wildman–Crippen LogP) is -0.341. The van der Waals surface area contributed by atoms with Gasteiger partial charge in [0, 0.05) is 42.1 Å². The minimum atomic E-state index is 0. The first kappa shape index (κ1) is 18.2. The molecule has 4 heavy (non-hydrogen) atoms. The first-order valence-corrected chi connectivity index (χ1v) is 0.500. The van der Waals surface area contributed by atoms with Crippen molar-refractivity contribution in [2.75, 3.05) is 0 Å². The maximum absolute atomic E-state index is 7.83. The second kappa shape index (κ2) is 26.0. The average Bonchev–Trinajstić information content (AvgIpc) is 1.00. The van der Waals surface area contributed by atoms with Crippen molar-refractivity contribution in [2.45, 2.75) is 0 Å². The molecule has 0 aliphatic rings. The fraction of sp³-hybridized carbons (Fsp3) is 0. The van der Waals surface area contributed by atoms with Gasteiger partial charge in [-0.25, -0.2) is 0 Å². The molecule has 0 aromatic rings. The molecule has 0 spiro atoms. The van der Waals surface area contributed by atoms with Gasteiger partial charge in [0.25, 0.3) is 0 Å². The molecule has 1 nitrogen and oxygen atoms in total. The van der Waals surface area contributed by atoms with Crippen molar-refractivity contribution in [2.24, 2.45) is 0 Å². The molecule has 24 valence electrons. The normalized spacial score (nSPS) is 1.00. The van der Waals surface area contributed by atoms with E-state index in [-0.39, 0.29) is 42.1 Å². The van der Waals surface area contributed by atoms with Crippen LogP contribution in [-0.2, 0) is 54.7 Å². The molecule has 4 heteroatoms. The Balaban J connectivity index is -0.00000000500. The van der Waals surface area contributed by atoms with Crippen molar-refractivity contribution in [1.82, 2.24) is 0 Å². The van der Waals surface area contributed by atoms with Gasteiger partial charge in [-0.3, -0.25) is 0 Å². The quantitative estimate of drug-likeness (QED) is 0.539. The molecule has 0 heterocycles. The standard InChI is InChI=1S/2Mo.OS/c;;1-2. The van der Waals surface area contributed by atoms with Gasteiger partial charge in [0.15, 0.2) is 12.5 Å². The van der Waals surface area contributed by atoms with Crippen LogP contribution in [0.3, 0.4) is 0 Å². The van der Waals surface area contributed by atoms with Crippen LogP contribution in [0.1, 0.15) is 0 Å². The topological polar surface area (TPSA) is 17.1 Å². The minimum absolute atomic E-state index is 0. The molecule has 0 aliphatic carbocycles. The minimum Gasteiger partial charge on any atom is -0.197 e. The molecule has 0 amide bonds. The van der Waals surface area contributed by atoms with Crippen molar-refractivity contribution in [3.63, 3.8) is 0 Å². The van der Waals surface area contributed by atoms with Crippen molar-refractivity contribution in [1.29, 1.82) is 0 Å². The van der Waals surface area contributed by atoms with Crippen LogP contribution in [0.15, 0.2) is 0 Å². The molecule has 0 N–H and O–H groups in total. The molecule has 0 aromatic carbocycles.